The SMILES string of the molecule is CCOC(=O)c1nc(NCc2cscn2)sc1C(C)=O. The van der Waals surface area contributed by atoms with Crippen molar-refractivity contribution in [2.24, 2.45) is 0 Å². The van der Waals surface area contributed by atoms with E-state index in [4.69, 9.17) is 4.74 Å². The molecule has 0 spiro atoms. The molecule has 2 rings (SSSR count). The summed E-state index contributed by atoms with van der Waals surface area (Å²) in [5.41, 5.74) is 2.70. The minimum atomic E-state index is -0.573. The molecule has 0 atom stereocenters. The predicted molar refractivity (Wildman–Crippen MR) is 77.5 cm³/mol. The Balaban J connectivity index is 2.16. The van der Waals surface area contributed by atoms with E-state index in [1.807, 2.05) is 5.38 Å². The molecule has 0 aromatic carbocycles. The maximum atomic E-state index is 11.7. The van der Waals surface area contributed by atoms with Crippen molar-refractivity contribution in [1.82, 2.24) is 9.97 Å². The van der Waals surface area contributed by atoms with Crippen LogP contribution in [-0.2, 0) is 11.3 Å². The van der Waals surface area contributed by atoms with E-state index in [1.54, 1.807) is 12.4 Å². The first-order valence-electron chi connectivity index (χ1n) is 5.91. The van der Waals surface area contributed by atoms with Gasteiger partial charge in [-0.05, 0) is 6.92 Å². The Kier molecular flexibility index (Phi) is 4.80. The van der Waals surface area contributed by atoms with Crippen LogP contribution in [0.2, 0.25) is 0 Å². The average molecular weight is 311 g/mol. The highest BCUT2D eigenvalue weighted by atomic mass is 32.1. The fourth-order valence-corrected chi connectivity index (χ4v) is 2.87. The summed E-state index contributed by atoms with van der Waals surface area (Å²) in [5, 5.41) is 5.47. The van der Waals surface area contributed by atoms with Gasteiger partial charge in [0.15, 0.2) is 16.6 Å². The molecule has 0 radical (unpaired) electrons. The van der Waals surface area contributed by atoms with Crippen molar-refractivity contribution in [3.05, 3.63) is 27.2 Å². The third-order valence-corrected chi connectivity index (χ3v) is 4.07. The first-order valence-corrected chi connectivity index (χ1v) is 7.67. The molecule has 0 amide bonds. The molecule has 0 unspecified atom stereocenters. The number of anilines is 1. The van der Waals surface area contributed by atoms with E-state index in [-0.39, 0.29) is 18.1 Å². The molecule has 0 bridgehead atoms. The number of carbonyl (C=O) groups excluding carboxylic acids is 2. The number of aromatic nitrogens is 2. The lowest BCUT2D eigenvalue weighted by Crippen LogP contribution is -2.09. The van der Waals surface area contributed by atoms with Crippen LogP contribution in [0.1, 0.15) is 39.7 Å². The Morgan fingerprint density at radius 2 is 2.25 bits per heavy atom. The second-order valence-corrected chi connectivity index (χ2v) is 5.52. The van der Waals surface area contributed by atoms with Crippen molar-refractivity contribution in [1.29, 1.82) is 0 Å². The number of thiazole rings is 2. The lowest BCUT2D eigenvalue weighted by atomic mass is 10.3. The molecule has 0 aliphatic rings. The van der Waals surface area contributed by atoms with Crippen LogP contribution in [0, 0.1) is 0 Å². The molecule has 2 aromatic heterocycles. The molecule has 0 saturated carbocycles. The Labute approximate surface area is 123 Å². The van der Waals surface area contributed by atoms with Crippen LogP contribution in [0.5, 0.6) is 0 Å². The molecule has 6 nitrogen and oxygen atoms in total. The molecule has 8 heteroatoms. The zero-order valence-corrected chi connectivity index (χ0v) is 12.6. The van der Waals surface area contributed by atoms with Crippen LogP contribution in [-0.4, -0.2) is 28.3 Å². The second-order valence-electron chi connectivity index (χ2n) is 3.81. The number of esters is 1. The van der Waals surface area contributed by atoms with Gasteiger partial charge in [-0.2, -0.15) is 0 Å². The summed E-state index contributed by atoms with van der Waals surface area (Å²) in [6.07, 6.45) is 0. The summed E-state index contributed by atoms with van der Waals surface area (Å²) in [5.74, 6) is -0.775. The van der Waals surface area contributed by atoms with Gasteiger partial charge >= 0.3 is 5.97 Å². The number of nitrogens with zero attached hydrogens (tertiary/aromatic N) is 2. The molecule has 106 valence electrons. The highest BCUT2D eigenvalue weighted by molar-refractivity contribution is 7.17. The smallest absolute Gasteiger partial charge is 0.358 e. The van der Waals surface area contributed by atoms with Crippen LogP contribution >= 0.6 is 22.7 Å². The van der Waals surface area contributed by atoms with Gasteiger partial charge in [-0.1, -0.05) is 11.3 Å². The van der Waals surface area contributed by atoms with Gasteiger partial charge in [-0.3, -0.25) is 4.79 Å². The van der Waals surface area contributed by atoms with Gasteiger partial charge in [0.25, 0.3) is 0 Å². The van der Waals surface area contributed by atoms with Crippen molar-refractivity contribution in [3.8, 4) is 0 Å². The zero-order chi connectivity index (χ0) is 14.5. The van der Waals surface area contributed by atoms with Crippen LogP contribution in [0.15, 0.2) is 10.9 Å². The summed E-state index contributed by atoms with van der Waals surface area (Å²) in [6.45, 7) is 3.85. The summed E-state index contributed by atoms with van der Waals surface area (Å²) < 4.78 is 4.90. The van der Waals surface area contributed by atoms with Crippen LogP contribution in [0.4, 0.5) is 5.13 Å². The summed E-state index contributed by atoms with van der Waals surface area (Å²) >= 11 is 2.65. The Morgan fingerprint density at radius 1 is 1.45 bits per heavy atom. The highest BCUT2D eigenvalue weighted by Gasteiger charge is 2.22. The number of nitrogens with one attached hydrogen (secondary N) is 1. The Hall–Kier alpha value is -1.80. The number of hydrogen-bond acceptors (Lipinski definition) is 8. The van der Waals surface area contributed by atoms with Crippen molar-refractivity contribution in [2.45, 2.75) is 20.4 Å². The minimum Gasteiger partial charge on any atom is -0.461 e. The van der Waals surface area contributed by atoms with E-state index >= 15 is 0 Å². The normalized spacial score (nSPS) is 10.3. The zero-order valence-electron chi connectivity index (χ0n) is 11.0. The Morgan fingerprint density at radius 3 is 2.85 bits per heavy atom. The van der Waals surface area contributed by atoms with Gasteiger partial charge in [0.05, 0.1) is 24.4 Å². The maximum absolute atomic E-state index is 11.7. The highest BCUT2D eigenvalue weighted by Crippen LogP contribution is 2.24. The van der Waals surface area contributed by atoms with Crippen molar-refractivity contribution in [2.75, 3.05) is 11.9 Å². The van der Waals surface area contributed by atoms with Gasteiger partial charge in [-0.15, -0.1) is 11.3 Å². The van der Waals surface area contributed by atoms with E-state index in [1.165, 1.54) is 18.3 Å². The summed E-state index contributed by atoms with van der Waals surface area (Å²) in [4.78, 5) is 31.9. The molecule has 0 aliphatic carbocycles. The number of carbonyl (C=O) groups is 2. The fourth-order valence-electron chi connectivity index (χ4n) is 1.46. The molecular formula is C12H13N3O3S2. The van der Waals surface area contributed by atoms with Gasteiger partial charge in [0, 0.05) is 12.3 Å². The average Bonchev–Trinajstić information content (AvgIpc) is 3.06. The monoisotopic (exact) mass is 311 g/mol. The first kappa shape index (κ1) is 14.6. The van der Waals surface area contributed by atoms with E-state index in [2.05, 4.69) is 15.3 Å². The standard InChI is InChI=1S/C12H13N3O3S2/c1-3-18-11(17)9-10(7(2)16)20-12(15-9)13-4-8-5-19-6-14-8/h5-6H,3-4H2,1-2H3,(H,13,15). The van der Waals surface area contributed by atoms with Crippen molar-refractivity contribution in [3.63, 3.8) is 0 Å². The number of ketones is 1. The van der Waals surface area contributed by atoms with Crippen LogP contribution in [0.3, 0.4) is 0 Å². The predicted octanol–water partition coefficient (Wildman–Crippen LogP) is 2.59. The fraction of sp³-hybridized carbons (Fsp3) is 0.333. The number of ether oxygens (including phenoxy) is 1. The minimum absolute atomic E-state index is 0.0742. The van der Waals surface area contributed by atoms with E-state index in [0.717, 1.165) is 17.0 Å². The van der Waals surface area contributed by atoms with Crippen molar-refractivity contribution >= 4 is 39.6 Å². The molecule has 2 aromatic rings. The molecule has 0 aliphatic heterocycles. The largest absolute Gasteiger partial charge is 0.461 e. The first-order chi connectivity index (χ1) is 9.61. The summed E-state index contributed by atoms with van der Waals surface area (Å²) in [6, 6.07) is 0. The molecule has 2 heterocycles. The lowest BCUT2D eigenvalue weighted by Gasteiger charge is -1.99. The Bertz CT molecular complexity index is 608. The maximum Gasteiger partial charge on any atom is 0.358 e. The number of Topliss-reactive ketones (excluding diaryl/α,β-unsaturated/α-hetero) is 1. The quantitative estimate of drug-likeness (QED) is 0.652. The lowest BCUT2D eigenvalue weighted by molar-refractivity contribution is 0.0517. The van der Waals surface area contributed by atoms with Gasteiger partial charge < -0.3 is 10.1 Å². The molecule has 0 saturated heterocycles. The third kappa shape index (κ3) is 3.40. The molecular weight excluding hydrogens is 298 g/mol. The van der Waals surface area contributed by atoms with Gasteiger partial charge in [0.2, 0.25) is 0 Å². The second kappa shape index (κ2) is 6.58. The van der Waals surface area contributed by atoms with E-state index < -0.39 is 5.97 Å². The van der Waals surface area contributed by atoms with Crippen LogP contribution < -0.4 is 5.32 Å². The van der Waals surface area contributed by atoms with Gasteiger partial charge in [0.1, 0.15) is 4.88 Å². The topological polar surface area (TPSA) is 81.2 Å². The van der Waals surface area contributed by atoms with Crippen molar-refractivity contribution < 1.29 is 14.3 Å². The molecule has 0 fully saturated rings. The van der Waals surface area contributed by atoms with E-state index in [9.17, 15) is 9.59 Å². The third-order valence-electron chi connectivity index (χ3n) is 2.32. The number of hydrogen-bond donors (Lipinski definition) is 1. The van der Waals surface area contributed by atoms with E-state index in [0.29, 0.717) is 16.6 Å². The number of rotatable bonds is 6. The molecule has 1 N–H and O–H groups in total. The molecule has 20 heavy (non-hydrogen) atoms. The van der Waals surface area contributed by atoms with Gasteiger partial charge in [-0.25, -0.2) is 14.8 Å². The summed E-state index contributed by atoms with van der Waals surface area (Å²) in [7, 11) is 0. The van der Waals surface area contributed by atoms with Crippen LogP contribution in [0.25, 0.3) is 0 Å².